The molecule has 0 aliphatic heterocycles. The highest BCUT2D eigenvalue weighted by molar-refractivity contribution is 9.10. The van der Waals surface area contributed by atoms with Gasteiger partial charge in [0.05, 0.1) is 4.47 Å². The lowest BCUT2D eigenvalue weighted by atomic mass is 10.1. The SMILES string of the molecule is O=CCCc1ccc(F)c(Br)c1F. The Morgan fingerprint density at radius 1 is 1.38 bits per heavy atom. The average molecular weight is 249 g/mol. The number of rotatable bonds is 3. The van der Waals surface area contributed by atoms with Crippen molar-refractivity contribution >= 4 is 22.2 Å². The molecule has 4 heteroatoms. The van der Waals surface area contributed by atoms with Crippen molar-refractivity contribution in [3.63, 3.8) is 0 Å². The molecule has 13 heavy (non-hydrogen) atoms. The maximum atomic E-state index is 13.2. The topological polar surface area (TPSA) is 17.1 Å². The summed E-state index contributed by atoms with van der Waals surface area (Å²) in [6, 6.07) is 2.52. The van der Waals surface area contributed by atoms with E-state index < -0.39 is 11.6 Å². The van der Waals surface area contributed by atoms with E-state index in [-0.39, 0.29) is 10.9 Å². The van der Waals surface area contributed by atoms with Gasteiger partial charge in [0.25, 0.3) is 0 Å². The van der Waals surface area contributed by atoms with E-state index in [0.717, 1.165) is 0 Å². The van der Waals surface area contributed by atoms with Crippen molar-refractivity contribution in [2.45, 2.75) is 12.8 Å². The van der Waals surface area contributed by atoms with Crippen molar-refractivity contribution in [1.82, 2.24) is 0 Å². The third-order valence-corrected chi connectivity index (χ3v) is 2.37. The summed E-state index contributed by atoms with van der Waals surface area (Å²) < 4.78 is 25.7. The molecule has 1 aromatic carbocycles. The van der Waals surface area contributed by atoms with Gasteiger partial charge in [0.2, 0.25) is 0 Å². The third-order valence-electron chi connectivity index (χ3n) is 1.65. The normalized spacial score (nSPS) is 10.1. The number of hydrogen-bond acceptors (Lipinski definition) is 1. The number of benzene rings is 1. The fourth-order valence-corrected chi connectivity index (χ4v) is 1.36. The van der Waals surface area contributed by atoms with Crippen molar-refractivity contribution in [3.8, 4) is 0 Å². The van der Waals surface area contributed by atoms with Gasteiger partial charge in [-0.25, -0.2) is 8.78 Å². The second-order valence-corrected chi connectivity index (χ2v) is 3.33. The molecule has 0 aliphatic rings. The molecule has 0 bridgehead atoms. The van der Waals surface area contributed by atoms with Crippen LogP contribution in [0.25, 0.3) is 0 Å². The Morgan fingerprint density at radius 2 is 2.08 bits per heavy atom. The fraction of sp³-hybridized carbons (Fsp3) is 0.222. The van der Waals surface area contributed by atoms with E-state index in [9.17, 15) is 13.6 Å². The third kappa shape index (κ3) is 2.34. The Bertz CT molecular complexity index is 326. The van der Waals surface area contributed by atoms with Gasteiger partial charge >= 0.3 is 0 Å². The molecule has 0 aliphatic carbocycles. The van der Waals surface area contributed by atoms with Gasteiger partial charge in [-0.05, 0) is 34.0 Å². The highest BCUT2D eigenvalue weighted by Gasteiger charge is 2.10. The van der Waals surface area contributed by atoms with Gasteiger partial charge in [0.15, 0.2) is 0 Å². The Kier molecular flexibility index (Phi) is 3.54. The molecule has 1 rings (SSSR count). The molecule has 0 amide bonds. The highest BCUT2D eigenvalue weighted by Crippen LogP contribution is 2.22. The quantitative estimate of drug-likeness (QED) is 0.594. The number of carbonyl (C=O) groups excluding carboxylic acids is 1. The molecule has 0 atom stereocenters. The smallest absolute Gasteiger partial charge is 0.143 e. The average Bonchev–Trinajstić information content (AvgIpc) is 2.13. The van der Waals surface area contributed by atoms with Crippen LogP contribution in [0, 0.1) is 11.6 Å². The lowest BCUT2D eigenvalue weighted by Crippen LogP contribution is -1.94. The number of halogens is 3. The number of aryl methyl sites for hydroxylation is 1. The molecule has 0 radical (unpaired) electrons. The first kappa shape index (κ1) is 10.3. The molecule has 1 aromatic rings. The van der Waals surface area contributed by atoms with E-state index in [1.165, 1.54) is 12.1 Å². The lowest BCUT2D eigenvalue weighted by molar-refractivity contribution is -0.107. The molecule has 0 aromatic heterocycles. The minimum Gasteiger partial charge on any atom is -0.303 e. The van der Waals surface area contributed by atoms with E-state index >= 15 is 0 Å². The van der Waals surface area contributed by atoms with E-state index in [1.807, 2.05) is 0 Å². The summed E-state index contributed by atoms with van der Waals surface area (Å²) in [5, 5.41) is 0. The second kappa shape index (κ2) is 4.46. The summed E-state index contributed by atoms with van der Waals surface area (Å²) in [7, 11) is 0. The first-order chi connectivity index (χ1) is 6.16. The standard InChI is InChI=1S/C9H7BrF2O/c10-8-7(11)4-3-6(9(8)12)2-1-5-13/h3-5H,1-2H2. The van der Waals surface area contributed by atoms with E-state index in [0.29, 0.717) is 18.3 Å². The zero-order valence-corrected chi connectivity index (χ0v) is 8.27. The van der Waals surface area contributed by atoms with Crippen LogP contribution in [0.5, 0.6) is 0 Å². The number of hydrogen-bond donors (Lipinski definition) is 0. The van der Waals surface area contributed by atoms with Crippen molar-refractivity contribution in [2.24, 2.45) is 0 Å². The van der Waals surface area contributed by atoms with Crippen molar-refractivity contribution in [1.29, 1.82) is 0 Å². The van der Waals surface area contributed by atoms with Crippen LogP contribution in [0.1, 0.15) is 12.0 Å². The van der Waals surface area contributed by atoms with Gasteiger partial charge in [-0.3, -0.25) is 0 Å². The van der Waals surface area contributed by atoms with Gasteiger partial charge in [0, 0.05) is 6.42 Å². The molecular formula is C9H7BrF2O. The maximum Gasteiger partial charge on any atom is 0.143 e. The van der Waals surface area contributed by atoms with Crippen LogP contribution in [0.3, 0.4) is 0 Å². The Balaban J connectivity index is 2.96. The Morgan fingerprint density at radius 3 is 2.69 bits per heavy atom. The van der Waals surface area contributed by atoms with E-state index in [2.05, 4.69) is 15.9 Å². The predicted octanol–water partition coefficient (Wildman–Crippen LogP) is 2.86. The molecule has 0 saturated heterocycles. The maximum absolute atomic E-state index is 13.2. The monoisotopic (exact) mass is 248 g/mol. The molecule has 0 unspecified atom stereocenters. The van der Waals surface area contributed by atoms with Crippen molar-refractivity contribution in [2.75, 3.05) is 0 Å². The molecular weight excluding hydrogens is 242 g/mol. The molecule has 0 fully saturated rings. The summed E-state index contributed by atoms with van der Waals surface area (Å²) in [6.07, 6.45) is 1.25. The lowest BCUT2D eigenvalue weighted by Gasteiger charge is -2.02. The van der Waals surface area contributed by atoms with Gasteiger partial charge in [-0.2, -0.15) is 0 Å². The highest BCUT2D eigenvalue weighted by atomic mass is 79.9. The minimum absolute atomic E-state index is 0.170. The van der Waals surface area contributed by atoms with E-state index in [4.69, 9.17) is 0 Å². The molecule has 70 valence electrons. The zero-order chi connectivity index (χ0) is 9.84. The summed E-state index contributed by atoms with van der Waals surface area (Å²) in [6.45, 7) is 0. The van der Waals surface area contributed by atoms with Crippen LogP contribution >= 0.6 is 15.9 Å². The molecule has 1 nitrogen and oxygen atoms in total. The Hall–Kier alpha value is -0.770. The van der Waals surface area contributed by atoms with Gasteiger partial charge in [0.1, 0.15) is 17.9 Å². The molecule has 0 saturated carbocycles. The van der Waals surface area contributed by atoms with Crippen LogP contribution < -0.4 is 0 Å². The second-order valence-electron chi connectivity index (χ2n) is 2.54. The summed E-state index contributed by atoms with van der Waals surface area (Å²) >= 11 is 2.78. The summed E-state index contributed by atoms with van der Waals surface area (Å²) in [5.41, 5.74) is 0.348. The molecule has 0 heterocycles. The number of carbonyl (C=O) groups is 1. The van der Waals surface area contributed by atoms with Crippen LogP contribution in [-0.4, -0.2) is 6.29 Å². The first-order valence-corrected chi connectivity index (χ1v) is 4.52. The van der Waals surface area contributed by atoms with Crippen molar-refractivity contribution < 1.29 is 13.6 Å². The van der Waals surface area contributed by atoms with Crippen LogP contribution in [0.15, 0.2) is 16.6 Å². The number of aldehydes is 1. The zero-order valence-electron chi connectivity index (χ0n) is 6.69. The van der Waals surface area contributed by atoms with Gasteiger partial charge in [-0.15, -0.1) is 0 Å². The van der Waals surface area contributed by atoms with Crippen molar-refractivity contribution in [3.05, 3.63) is 33.8 Å². The largest absolute Gasteiger partial charge is 0.303 e. The fourth-order valence-electron chi connectivity index (χ4n) is 0.973. The van der Waals surface area contributed by atoms with Gasteiger partial charge in [-0.1, -0.05) is 6.07 Å². The molecule has 0 spiro atoms. The molecule has 0 N–H and O–H groups in total. The first-order valence-electron chi connectivity index (χ1n) is 3.73. The van der Waals surface area contributed by atoms with Crippen LogP contribution in [0.2, 0.25) is 0 Å². The van der Waals surface area contributed by atoms with Crippen LogP contribution in [0.4, 0.5) is 8.78 Å². The van der Waals surface area contributed by atoms with Gasteiger partial charge < -0.3 is 4.79 Å². The van der Waals surface area contributed by atoms with Crippen LogP contribution in [-0.2, 0) is 11.2 Å². The Labute approximate surface area is 82.9 Å². The summed E-state index contributed by atoms with van der Waals surface area (Å²) in [4.78, 5) is 10.0. The predicted molar refractivity (Wildman–Crippen MR) is 48.4 cm³/mol. The van der Waals surface area contributed by atoms with E-state index in [1.54, 1.807) is 0 Å². The summed E-state index contributed by atoms with van der Waals surface area (Å²) in [5.74, 6) is -1.26. The minimum atomic E-state index is -0.632.